The van der Waals surface area contributed by atoms with Crippen LogP contribution in [0.25, 0.3) is 0 Å². The summed E-state index contributed by atoms with van der Waals surface area (Å²) in [6, 6.07) is 6.08. The molecule has 0 saturated carbocycles. The Morgan fingerprint density at radius 3 is 2.44 bits per heavy atom. The Kier molecular flexibility index (Phi) is 5.17. The van der Waals surface area contributed by atoms with E-state index in [-0.39, 0.29) is 11.6 Å². The molecule has 0 aromatic heterocycles. The third-order valence-electron chi connectivity index (χ3n) is 2.54. The van der Waals surface area contributed by atoms with Crippen LogP contribution in [0.3, 0.4) is 0 Å². The van der Waals surface area contributed by atoms with Crippen molar-refractivity contribution >= 4 is 0 Å². The molecule has 0 aliphatic carbocycles. The summed E-state index contributed by atoms with van der Waals surface area (Å²) in [6.45, 7) is 11.2. The summed E-state index contributed by atoms with van der Waals surface area (Å²) in [7, 11) is 0. The smallest absolute Gasteiger partial charge is 0.124 e. The fraction of sp³-hybridized carbons (Fsp3) is 0.600. The molecule has 0 radical (unpaired) electrons. The van der Waals surface area contributed by atoms with Crippen LogP contribution in [0.2, 0.25) is 0 Å². The van der Waals surface area contributed by atoms with E-state index >= 15 is 0 Å². The summed E-state index contributed by atoms with van der Waals surface area (Å²) in [5, 5.41) is 0. The van der Waals surface area contributed by atoms with Crippen LogP contribution in [-0.2, 0) is 4.74 Å². The van der Waals surface area contributed by atoms with Crippen LogP contribution in [-0.4, -0.2) is 18.8 Å². The number of benzene rings is 1. The molecule has 1 unspecified atom stereocenters. The SMILES string of the molecule is Cc1ccc(C(C)N)c(OCCOC(C)(C)C)c1. The third kappa shape index (κ3) is 5.07. The van der Waals surface area contributed by atoms with E-state index in [4.69, 9.17) is 15.2 Å². The summed E-state index contributed by atoms with van der Waals surface area (Å²) >= 11 is 0. The Bertz CT molecular complexity index is 381. The molecule has 0 fully saturated rings. The van der Waals surface area contributed by atoms with Gasteiger partial charge in [0.25, 0.3) is 0 Å². The first kappa shape index (κ1) is 15.0. The lowest BCUT2D eigenvalue weighted by atomic mass is 10.1. The monoisotopic (exact) mass is 251 g/mol. The number of hydrogen-bond acceptors (Lipinski definition) is 3. The van der Waals surface area contributed by atoms with Crippen molar-refractivity contribution in [1.82, 2.24) is 0 Å². The Hall–Kier alpha value is -1.06. The first-order valence-corrected chi connectivity index (χ1v) is 6.42. The van der Waals surface area contributed by atoms with Crippen molar-refractivity contribution in [3.63, 3.8) is 0 Å². The summed E-state index contributed by atoms with van der Waals surface area (Å²) in [4.78, 5) is 0. The lowest BCUT2D eigenvalue weighted by molar-refractivity contribution is -0.0164. The minimum Gasteiger partial charge on any atom is -0.491 e. The van der Waals surface area contributed by atoms with Crippen molar-refractivity contribution in [2.75, 3.05) is 13.2 Å². The maximum absolute atomic E-state index is 5.93. The van der Waals surface area contributed by atoms with E-state index in [0.717, 1.165) is 11.3 Å². The first-order valence-electron chi connectivity index (χ1n) is 6.42. The lowest BCUT2D eigenvalue weighted by Crippen LogP contribution is -2.22. The van der Waals surface area contributed by atoms with E-state index < -0.39 is 0 Å². The Morgan fingerprint density at radius 1 is 1.22 bits per heavy atom. The Balaban J connectivity index is 2.58. The molecule has 0 aliphatic rings. The van der Waals surface area contributed by atoms with Gasteiger partial charge in [0.2, 0.25) is 0 Å². The van der Waals surface area contributed by atoms with Gasteiger partial charge in [-0.3, -0.25) is 0 Å². The van der Waals surface area contributed by atoms with Gasteiger partial charge in [0.15, 0.2) is 0 Å². The highest BCUT2D eigenvalue weighted by Crippen LogP contribution is 2.25. The van der Waals surface area contributed by atoms with E-state index in [2.05, 4.69) is 6.07 Å². The number of ether oxygens (including phenoxy) is 2. The van der Waals surface area contributed by atoms with Crippen LogP contribution >= 0.6 is 0 Å². The van der Waals surface area contributed by atoms with Crippen LogP contribution in [0.15, 0.2) is 18.2 Å². The van der Waals surface area contributed by atoms with Crippen LogP contribution in [0.5, 0.6) is 5.75 Å². The lowest BCUT2D eigenvalue weighted by Gasteiger charge is -2.20. The molecule has 0 spiro atoms. The summed E-state index contributed by atoms with van der Waals surface area (Å²) in [6.07, 6.45) is 0. The van der Waals surface area contributed by atoms with Gasteiger partial charge in [-0.1, -0.05) is 12.1 Å². The molecule has 1 aromatic carbocycles. The molecule has 1 atom stereocenters. The van der Waals surface area contributed by atoms with Crippen LogP contribution in [0, 0.1) is 6.92 Å². The second-order valence-corrected chi connectivity index (χ2v) is 5.64. The highest BCUT2D eigenvalue weighted by molar-refractivity contribution is 5.38. The van der Waals surface area contributed by atoms with Crippen molar-refractivity contribution in [2.45, 2.75) is 46.3 Å². The van der Waals surface area contributed by atoms with Gasteiger partial charge in [-0.15, -0.1) is 0 Å². The number of rotatable bonds is 5. The first-order chi connectivity index (χ1) is 8.29. The average molecular weight is 251 g/mol. The molecule has 102 valence electrons. The molecule has 3 nitrogen and oxygen atoms in total. The normalized spacial score (nSPS) is 13.4. The van der Waals surface area contributed by atoms with Crippen LogP contribution in [0.1, 0.15) is 44.9 Å². The van der Waals surface area contributed by atoms with Gasteiger partial charge in [0.1, 0.15) is 12.4 Å². The molecular weight excluding hydrogens is 226 g/mol. The fourth-order valence-electron chi connectivity index (χ4n) is 1.64. The molecule has 3 heteroatoms. The topological polar surface area (TPSA) is 44.5 Å². The predicted molar refractivity (Wildman–Crippen MR) is 75.0 cm³/mol. The standard InChI is InChI=1S/C15H25NO2/c1-11-6-7-13(12(2)16)14(10-11)17-8-9-18-15(3,4)5/h6-7,10,12H,8-9,16H2,1-5H3. The summed E-state index contributed by atoms with van der Waals surface area (Å²) < 4.78 is 11.4. The zero-order valence-electron chi connectivity index (χ0n) is 12.1. The Morgan fingerprint density at radius 2 is 1.89 bits per heavy atom. The number of aryl methyl sites for hydroxylation is 1. The zero-order valence-corrected chi connectivity index (χ0v) is 12.1. The van der Waals surface area contributed by atoms with Crippen molar-refractivity contribution in [2.24, 2.45) is 5.73 Å². The second kappa shape index (κ2) is 6.21. The largest absolute Gasteiger partial charge is 0.491 e. The van der Waals surface area contributed by atoms with Gasteiger partial charge in [-0.2, -0.15) is 0 Å². The maximum Gasteiger partial charge on any atom is 0.124 e. The minimum absolute atomic E-state index is 0.0239. The van der Waals surface area contributed by atoms with E-state index in [9.17, 15) is 0 Å². The van der Waals surface area contributed by atoms with Gasteiger partial charge < -0.3 is 15.2 Å². The van der Waals surface area contributed by atoms with Crippen LogP contribution < -0.4 is 10.5 Å². The molecule has 2 N–H and O–H groups in total. The molecule has 1 aromatic rings. The highest BCUT2D eigenvalue weighted by atomic mass is 16.5. The van der Waals surface area contributed by atoms with Crippen molar-refractivity contribution in [1.29, 1.82) is 0 Å². The van der Waals surface area contributed by atoms with E-state index in [1.54, 1.807) is 0 Å². The molecule has 0 saturated heterocycles. The highest BCUT2D eigenvalue weighted by Gasteiger charge is 2.11. The third-order valence-corrected chi connectivity index (χ3v) is 2.54. The van der Waals surface area contributed by atoms with Gasteiger partial charge in [0.05, 0.1) is 12.2 Å². The number of hydrogen-bond donors (Lipinski definition) is 1. The van der Waals surface area contributed by atoms with E-state index in [0.29, 0.717) is 13.2 Å². The van der Waals surface area contributed by atoms with Crippen molar-refractivity contribution < 1.29 is 9.47 Å². The summed E-state index contributed by atoms with van der Waals surface area (Å²) in [5.41, 5.74) is 8.01. The minimum atomic E-state index is -0.125. The number of nitrogens with two attached hydrogens (primary N) is 1. The zero-order chi connectivity index (χ0) is 13.8. The van der Waals surface area contributed by atoms with Gasteiger partial charge in [0, 0.05) is 11.6 Å². The predicted octanol–water partition coefficient (Wildman–Crippen LogP) is 3.21. The molecule has 0 amide bonds. The average Bonchev–Trinajstić information content (AvgIpc) is 2.22. The van der Waals surface area contributed by atoms with Crippen molar-refractivity contribution in [3.05, 3.63) is 29.3 Å². The van der Waals surface area contributed by atoms with E-state index in [1.807, 2.05) is 46.8 Å². The summed E-state index contributed by atoms with van der Waals surface area (Å²) in [5.74, 6) is 0.863. The Labute approximate surface area is 110 Å². The van der Waals surface area contributed by atoms with Gasteiger partial charge >= 0.3 is 0 Å². The molecular formula is C15H25NO2. The molecule has 0 heterocycles. The molecule has 18 heavy (non-hydrogen) atoms. The molecule has 0 aliphatic heterocycles. The van der Waals surface area contributed by atoms with Crippen molar-refractivity contribution in [3.8, 4) is 5.75 Å². The van der Waals surface area contributed by atoms with E-state index in [1.165, 1.54) is 5.56 Å². The molecule has 1 rings (SSSR count). The quantitative estimate of drug-likeness (QED) is 0.817. The van der Waals surface area contributed by atoms with Gasteiger partial charge in [-0.25, -0.2) is 0 Å². The molecule has 0 bridgehead atoms. The maximum atomic E-state index is 5.93. The van der Waals surface area contributed by atoms with Crippen LogP contribution in [0.4, 0.5) is 0 Å². The fourth-order valence-corrected chi connectivity index (χ4v) is 1.64. The van der Waals surface area contributed by atoms with Gasteiger partial charge in [-0.05, 0) is 46.2 Å². The second-order valence-electron chi connectivity index (χ2n) is 5.64.